The average Bonchev–Trinajstić information content (AvgIpc) is 2.41. The van der Waals surface area contributed by atoms with E-state index >= 15 is 0 Å². The molecule has 0 aromatic heterocycles. The van der Waals surface area contributed by atoms with Crippen LogP contribution in [0.3, 0.4) is 0 Å². The van der Waals surface area contributed by atoms with E-state index in [1.807, 2.05) is 29.2 Å². The zero-order chi connectivity index (χ0) is 13.8. The molecule has 0 unspecified atom stereocenters. The van der Waals surface area contributed by atoms with Crippen LogP contribution in [0.4, 0.5) is 0 Å². The predicted octanol–water partition coefficient (Wildman–Crippen LogP) is 1.99. The van der Waals surface area contributed by atoms with Gasteiger partial charge in [0, 0.05) is 26.2 Å². The maximum atomic E-state index is 12.3. The lowest BCUT2D eigenvalue weighted by Crippen LogP contribution is -2.50. The Morgan fingerprint density at radius 1 is 1.26 bits per heavy atom. The van der Waals surface area contributed by atoms with Gasteiger partial charge in [0.2, 0.25) is 0 Å². The number of para-hydroxylation sites is 1. The second kappa shape index (κ2) is 6.39. The van der Waals surface area contributed by atoms with Crippen LogP contribution in [0.5, 0.6) is 5.75 Å². The monoisotopic (exact) mass is 326 g/mol. The molecule has 1 aromatic carbocycles. The molecule has 1 saturated heterocycles. The number of ether oxygens (including phenoxy) is 1. The summed E-state index contributed by atoms with van der Waals surface area (Å²) in [6, 6.07) is 7.58. The third-order valence-electron chi connectivity index (χ3n) is 3.30. The number of hydrogen-bond acceptors (Lipinski definition) is 3. The summed E-state index contributed by atoms with van der Waals surface area (Å²) in [7, 11) is 2.07. The number of benzene rings is 1. The average molecular weight is 327 g/mol. The van der Waals surface area contributed by atoms with Gasteiger partial charge in [0.25, 0.3) is 5.91 Å². The Morgan fingerprint density at radius 3 is 2.53 bits per heavy atom. The smallest absolute Gasteiger partial charge is 0.263 e. The van der Waals surface area contributed by atoms with Crippen molar-refractivity contribution < 1.29 is 9.53 Å². The zero-order valence-corrected chi connectivity index (χ0v) is 12.9. The Balaban J connectivity index is 1.94. The maximum absolute atomic E-state index is 12.3. The molecule has 4 nitrogen and oxygen atoms in total. The Morgan fingerprint density at radius 2 is 1.89 bits per heavy atom. The van der Waals surface area contributed by atoms with Crippen LogP contribution in [0, 0.1) is 0 Å². The highest BCUT2D eigenvalue weighted by atomic mass is 79.9. The molecular formula is C14H19BrN2O2. The second-order valence-corrected chi connectivity index (χ2v) is 5.67. The Hall–Kier alpha value is -1.07. The number of rotatable bonds is 3. The Bertz CT molecular complexity index is 445. The first-order valence-corrected chi connectivity index (χ1v) is 7.26. The number of carbonyl (C=O) groups excluding carboxylic acids is 1. The molecule has 0 aliphatic carbocycles. The summed E-state index contributed by atoms with van der Waals surface area (Å²) in [5.74, 6) is 0.765. The number of hydrogen-bond donors (Lipinski definition) is 0. The molecule has 1 fully saturated rings. The van der Waals surface area contributed by atoms with Gasteiger partial charge in [-0.05, 0) is 42.0 Å². The third kappa shape index (κ3) is 3.70. The molecule has 0 radical (unpaired) electrons. The molecule has 1 aliphatic heterocycles. The summed E-state index contributed by atoms with van der Waals surface area (Å²) in [6.45, 7) is 5.21. The van der Waals surface area contributed by atoms with Gasteiger partial charge in [0.05, 0.1) is 4.47 Å². The SMILES string of the molecule is C[C@@H](Oc1ccccc1Br)C(=O)N1CCN(C)CC1. The summed E-state index contributed by atoms with van der Waals surface area (Å²) in [4.78, 5) is 16.4. The van der Waals surface area contributed by atoms with Gasteiger partial charge in [0.15, 0.2) is 6.10 Å². The highest BCUT2D eigenvalue weighted by molar-refractivity contribution is 9.10. The molecule has 5 heteroatoms. The fraction of sp³-hybridized carbons (Fsp3) is 0.500. The number of piperazine rings is 1. The molecule has 1 amide bonds. The van der Waals surface area contributed by atoms with E-state index < -0.39 is 6.10 Å². The molecule has 0 spiro atoms. The van der Waals surface area contributed by atoms with Gasteiger partial charge in [-0.25, -0.2) is 0 Å². The van der Waals surface area contributed by atoms with Crippen LogP contribution in [0.25, 0.3) is 0 Å². The summed E-state index contributed by atoms with van der Waals surface area (Å²) < 4.78 is 6.60. The highest BCUT2D eigenvalue weighted by Crippen LogP contribution is 2.25. The largest absolute Gasteiger partial charge is 0.480 e. The predicted molar refractivity (Wildman–Crippen MR) is 78.3 cm³/mol. The van der Waals surface area contributed by atoms with Crippen molar-refractivity contribution in [3.63, 3.8) is 0 Å². The van der Waals surface area contributed by atoms with Crippen LogP contribution in [0.1, 0.15) is 6.92 Å². The number of carbonyl (C=O) groups is 1. The molecule has 19 heavy (non-hydrogen) atoms. The molecule has 1 aliphatic rings. The summed E-state index contributed by atoms with van der Waals surface area (Å²) in [5.41, 5.74) is 0. The minimum atomic E-state index is -0.456. The van der Waals surface area contributed by atoms with Gasteiger partial charge in [-0.3, -0.25) is 4.79 Å². The molecule has 1 aromatic rings. The standard InChI is InChI=1S/C14H19BrN2O2/c1-11(19-13-6-4-3-5-12(13)15)14(18)17-9-7-16(2)8-10-17/h3-6,11H,7-10H2,1-2H3/t11-/m1/s1. The lowest BCUT2D eigenvalue weighted by molar-refractivity contribution is -0.139. The van der Waals surface area contributed by atoms with E-state index in [0.717, 1.165) is 30.7 Å². The van der Waals surface area contributed by atoms with E-state index in [2.05, 4.69) is 27.9 Å². The molecule has 1 atom stereocenters. The summed E-state index contributed by atoms with van der Waals surface area (Å²) in [5, 5.41) is 0. The number of likely N-dealkylation sites (N-methyl/N-ethyl adjacent to an activating group) is 1. The van der Waals surface area contributed by atoms with E-state index in [9.17, 15) is 4.79 Å². The fourth-order valence-electron chi connectivity index (χ4n) is 2.07. The first kappa shape index (κ1) is 14.3. The van der Waals surface area contributed by atoms with E-state index in [1.54, 1.807) is 6.92 Å². The minimum Gasteiger partial charge on any atom is -0.480 e. The lowest BCUT2D eigenvalue weighted by Gasteiger charge is -2.33. The Labute approximate surface area is 122 Å². The van der Waals surface area contributed by atoms with Crippen LogP contribution in [0.2, 0.25) is 0 Å². The molecule has 0 bridgehead atoms. The van der Waals surface area contributed by atoms with Crippen molar-refractivity contribution in [1.82, 2.24) is 9.80 Å². The Kier molecular flexibility index (Phi) is 4.82. The van der Waals surface area contributed by atoms with E-state index in [1.165, 1.54) is 0 Å². The molecular weight excluding hydrogens is 308 g/mol. The quantitative estimate of drug-likeness (QED) is 0.851. The maximum Gasteiger partial charge on any atom is 0.263 e. The van der Waals surface area contributed by atoms with Gasteiger partial charge in [-0.1, -0.05) is 12.1 Å². The van der Waals surface area contributed by atoms with Crippen LogP contribution in [-0.4, -0.2) is 55.0 Å². The topological polar surface area (TPSA) is 32.8 Å². The van der Waals surface area contributed by atoms with Gasteiger partial charge >= 0.3 is 0 Å². The van der Waals surface area contributed by atoms with Crippen molar-refractivity contribution in [2.45, 2.75) is 13.0 Å². The lowest BCUT2D eigenvalue weighted by atomic mass is 10.2. The minimum absolute atomic E-state index is 0.0591. The fourth-order valence-corrected chi connectivity index (χ4v) is 2.44. The molecule has 0 N–H and O–H groups in total. The van der Waals surface area contributed by atoms with Crippen LogP contribution in [-0.2, 0) is 4.79 Å². The van der Waals surface area contributed by atoms with Crippen molar-refractivity contribution in [2.24, 2.45) is 0 Å². The normalized spacial score (nSPS) is 18.2. The number of halogens is 1. The van der Waals surface area contributed by atoms with Gasteiger partial charge < -0.3 is 14.5 Å². The summed E-state index contributed by atoms with van der Waals surface area (Å²) in [6.07, 6.45) is -0.456. The van der Waals surface area contributed by atoms with E-state index in [-0.39, 0.29) is 5.91 Å². The van der Waals surface area contributed by atoms with Crippen molar-refractivity contribution in [3.8, 4) is 5.75 Å². The van der Waals surface area contributed by atoms with Crippen molar-refractivity contribution in [1.29, 1.82) is 0 Å². The van der Waals surface area contributed by atoms with Crippen LogP contribution >= 0.6 is 15.9 Å². The summed E-state index contributed by atoms with van der Waals surface area (Å²) >= 11 is 3.42. The van der Waals surface area contributed by atoms with Crippen LogP contribution < -0.4 is 4.74 Å². The van der Waals surface area contributed by atoms with Gasteiger partial charge in [-0.15, -0.1) is 0 Å². The van der Waals surface area contributed by atoms with Crippen molar-refractivity contribution in [2.75, 3.05) is 33.2 Å². The first-order chi connectivity index (χ1) is 9.08. The van der Waals surface area contributed by atoms with Gasteiger partial charge in [0.1, 0.15) is 5.75 Å². The molecule has 0 saturated carbocycles. The van der Waals surface area contributed by atoms with E-state index in [0.29, 0.717) is 5.75 Å². The zero-order valence-electron chi connectivity index (χ0n) is 11.3. The van der Waals surface area contributed by atoms with Crippen molar-refractivity contribution in [3.05, 3.63) is 28.7 Å². The molecule has 104 valence electrons. The van der Waals surface area contributed by atoms with E-state index in [4.69, 9.17) is 4.74 Å². The van der Waals surface area contributed by atoms with Crippen molar-refractivity contribution >= 4 is 21.8 Å². The van der Waals surface area contributed by atoms with Crippen LogP contribution in [0.15, 0.2) is 28.7 Å². The van der Waals surface area contributed by atoms with Gasteiger partial charge in [-0.2, -0.15) is 0 Å². The molecule has 1 heterocycles. The molecule has 2 rings (SSSR count). The number of nitrogens with zero attached hydrogens (tertiary/aromatic N) is 2. The third-order valence-corrected chi connectivity index (χ3v) is 3.96. The second-order valence-electron chi connectivity index (χ2n) is 4.82. The number of amides is 1. The first-order valence-electron chi connectivity index (χ1n) is 6.46. The highest BCUT2D eigenvalue weighted by Gasteiger charge is 2.25.